The fourth-order valence-corrected chi connectivity index (χ4v) is 4.80. The average molecular weight is 645 g/mol. The lowest BCUT2D eigenvalue weighted by Crippen LogP contribution is -2.13. The Labute approximate surface area is 252 Å². The molecule has 45 heavy (non-hydrogen) atoms. The molecular weight excluding hydrogens is 631 g/mol. The third-order valence-electron chi connectivity index (χ3n) is 6.51. The second kappa shape index (κ2) is 11.4. The number of tetrazole rings is 1. The largest absolute Gasteiger partial charge is 0.478 e. The quantitative estimate of drug-likeness (QED) is 0.164. The number of aromatic carboxylic acids is 3. The molecule has 0 radical (unpaired) electrons. The van der Waals surface area contributed by atoms with Crippen LogP contribution in [0.1, 0.15) is 36.6 Å². The van der Waals surface area contributed by atoms with Crippen LogP contribution in [0, 0.1) is 11.6 Å². The summed E-state index contributed by atoms with van der Waals surface area (Å²) in [6.45, 7) is 0. The molecular formula is C29H14ClF5N4O6. The number of hydrogen-bond donors (Lipinski definition) is 3. The molecule has 1 heterocycles. The smallest absolute Gasteiger partial charge is 0.416 e. The molecule has 0 bridgehead atoms. The highest BCUT2D eigenvalue weighted by atomic mass is 35.5. The Balaban J connectivity index is 1.93. The second-order valence-corrected chi connectivity index (χ2v) is 9.72. The molecule has 5 rings (SSSR count). The summed E-state index contributed by atoms with van der Waals surface area (Å²) in [6.07, 6.45) is -5.02. The Hall–Kier alpha value is -5.70. The lowest BCUT2D eigenvalue weighted by Gasteiger charge is -2.20. The van der Waals surface area contributed by atoms with Gasteiger partial charge in [0.25, 0.3) is 0 Å². The van der Waals surface area contributed by atoms with Crippen LogP contribution in [0.15, 0.2) is 66.7 Å². The highest BCUT2D eigenvalue weighted by molar-refractivity contribution is 6.31. The van der Waals surface area contributed by atoms with E-state index in [0.717, 1.165) is 24.3 Å². The van der Waals surface area contributed by atoms with Crippen LogP contribution in [0.25, 0.3) is 39.3 Å². The predicted molar refractivity (Wildman–Crippen MR) is 146 cm³/mol. The summed E-state index contributed by atoms with van der Waals surface area (Å²) < 4.78 is 71.8. The van der Waals surface area contributed by atoms with Gasteiger partial charge in [0.1, 0.15) is 11.5 Å². The Morgan fingerprint density at radius 2 is 1.40 bits per heavy atom. The average Bonchev–Trinajstić information content (AvgIpc) is 3.45. The fraction of sp³-hybridized carbons (Fsp3) is 0.0345. The zero-order valence-corrected chi connectivity index (χ0v) is 22.7. The van der Waals surface area contributed by atoms with Gasteiger partial charge in [-0.15, -0.1) is 15.0 Å². The maximum atomic E-state index is 16.0. The van der Waals surface area contributed by atoms with Crippen molar-refractivity contribution in [2.24, 2.45) is 0 Å². The highest BCUT2D eigenvalue weighted by Crippen LogP contribution is 2.44. The summed E-state index contributed by atoms with van der Waals surface area (Å²) in [7, 11) is 0. The maximum Gasteiger partial charge on any atom is 0.416 e. The van der Waals surface area contributed by atoms with Gasteiger partial charge in [-0.1, -0.05) is 23.7 Å². The van der Waals surface area contributed by atoms with E-state index in [2.05, 4.69) is 15.4 Å². The minimum absolute atomic E-state index is 0.0665. The van der Waals surface area contributed by atoms with Gasteiger partial charge in [-0.3, -0.25) is 0 Å². The number of rotatable bonds is 7. The second-order valence-electron chi connectivity index (χ2n) is 9.28. The third-order valence-corrected chi connectivity index (χ3v) is 6.75. The molecule has 4 aromatic carbocycles. The van der Waals surface area contributed by atoms with Crippen molar-refractivity contribution in [3.05, 3.63) is 106 Å². The lowest BCUT2D eigenvalue weighted by atomic mass is 9.85. The van der Waals surface area contributed by atoms with E-state index in [4.69, 9.17) is 11.6 Å². The molecule has 0 unspecified atom stereocenters. The molecule has 0 fully saturated rings. The summed E-state index contributed by atoms with van der Waals surface area (Å²) in [6, 6.07) is 9.53. The monoisotopic (exact) mass is 644 g/mol. The summed E-state index contributed by atoms with van der Waals surface area (Å²) in [5.74, 6) is -7.75. The molecule has 0 saturated heterocycles. The van der Waals surface area contributed by atoms with Crippen molar-refractivity contribution in [3.8, 4) is 39.3 Å². The van der Waals surface area contributed by atoms with Gasteiger partial charge in [0, 0.05) is 21.7 Å². The first-order chi connectivity index (χ1) is 21.2. The molecule has 228 valence electrons. The van der Waals surface area contributed by atoms with E-state index in [1.807, 2.05) is 0 Å². The van der Waals surface area contributed by atoms with Gasteiger partial charge in [0.2, 0.25) is 5.82 Å². The molecule has 0 aliphatic heterocycles. The molecule has 3 N–H and O–H groups in total. The normalized spacial score (nSPS) is 11.4. The van der Waals surface area contributed by atoms with Gasteiger partial charge in [-0.25, -0.2) is 23.2 Å². The number of aromatic nitrogens is 4. The molecule has 0 atom stereocenters. The Morgan fingerprint density at radius 1 is 0.756 bits per heavy atom. The van der Waals surface area contributed by atoms with Gasteiger partial charge >= 0.3 is 24.1 Å². The number of carboxylic acids is 3. The van der Waals surface area contributed by atoms with E-state index in [1.54, 1.807) is 0 Å². The zero-order valence-electron chi connectivity index (χ0n) is 22.0. The van der Waals surface area contributed by atoms with Crippen LogP contribution < -0.4 is 0 Å². The zero-order chi connectivity index (χ0) is 32.8. The standard InChI is InChI=1S/C29H14ClF5N4O6/c30-14-5-7-17(27(42)43)19(10-14)25-36-38-39(37-25)24-21(32)11-20(28(44)45)23(22(24)12-2-1-3-15(31)8-12)18-9-13(29(33,34)35)4-6-16(18)26(40)41/h1-11H,(H,40,41)(H,42,43)(H,44,45). The van der Waals surface area contributed by atoms with E-state index in [0.29, 0.717) is 29.1 Å². The van der Waals surface area contributed by atoms with Crippen molar-refractivity contribution < 1.29 is 51.7 Å². The Bertz CT molecular complexity index is 2050. The molecule has 1 aromatic heterocycles. The van der Waals surface area contributed by atoms with Gasteiger partial charge in [-0.2, -0.15) is 13.2 Å². The molecule has 0 saturated carbocycles. The summed E-state index contributed by atoms with van der Waals surface area (Å²) in [4.78, 5) is 36.9. The maximum absolute atomic E-state index is 16.0. The third kappa shape index (κ3) is 5.80. The summed E-state index contributed by atoms with van der Waals surface area (Å²) in [5, 5.41) is 41.1. The first-order valence-corrected chi connectivity index (χ1v) is 12.7. The first-order valence-electron chi connectivity index (χ1n) is 12.3. The van der Waals surface area contributed by atoms with Crippen molar-refractivity contribution in [2.45, 2.75) is 6.18 Å². The molecule has 0 amide bonds. The van der Waals surface area contributed by atoms with E-state index in [1.165, 1.54) is 18.2 Å². The number of benzene rings is 4. The van der Waals surface area contributed by atoms with Gasteiger partial charge in [0.05, 0.1) is 22.3 Å². The Kier molecular flexibility index (Phi) is 7.81. The number of halogens is 6. The van der Waals surface area contributed by atoms with Crippen molar-refractivity contribution in [2.75, 3.05) is 0 Å². The number of nitrogens with zero attached hydrogens (tertiary/aromatic N) is 4. The predicted octanol–water partition coefficient (Wildman–Crippen LogP) is 6.71. The number of carboxylic acid groups (broad SMARTS) is 3. The minimum Gasteiger partial charge on any atom is -0.478 e. The summed E-state index contributed by atoms with van der Waals surface area (Å²) in [5.41, 5.74) is -6.83. The molecule has 16 heteroatoms. The van der Waals surface area contributed by atoms with Crippen LogP contribution in [-0.2, 0) is 6.18 Å². The molecule has 0 spiro atoms. The van der Waals surface area contributed by atoms with Crippen molar-refractivity contribution >= 4 is 29.5 Å². The number of alkyl halides is 3. The van der Waals surface area contributed by atoms with E-state index in [9.17, 15) is 47.3 Å². The van der Waals surface area contributed by atoms with Crippen LogP contribution in [0.2, 0.25) is 5.02 Å². The topological polar surface area (TPSA) is 156 Å². The number of carbonyl (C=O) groups is 3. The first kappa shape index (κ1) is 30.7. The van der Waals surface area contributed by atoms with Crippen LogP contribution in [0.5, 0.6) is 0 Å². The summed E-state index contributed by atoms with van der Waals surface area (Å²) >= 11 is 6.01. The Morgan fingerprint density at radius 3 is 2.02 bits per heavy atom. The van der Waals surface area contributed by atoms with Crippen molar-refractivity contribution in [3.63, 3.8) is 0 Å². The fourth-order valence-electron chi connectivity index (χ4n) is 4.63. The minimum atomic E-state index is -5.02. The van der Waals surface area contributed by atoms with Gasteiger partial charge in [-0.05, 0) is 70.9 Å². The number of hydrogen-bond acceptors (Lipinski definition) is 6. The van der Waals surface area contributed by atoms with Crippen LogP contribution in [0.3, 0.4) is 0 Å². The van der Waals surface area contributed by atoms with Crippen molar-refractivity contribution in [1.29, 1.82) is 0 Å². The van der Waals surface area contributed by atoms with E-state index >= 15 is 4.39 Å². The SMILES string of the molecule is O=C(O)c1ccc(Cl)cc1-c1nnn(-c2c(F)cc(C(=O)O)c(-c3cc(C(F)(F)F)ccc3C(=O)O)c2-c2cccc(F)c2)n1. The molecule has 5 aromatic rings. The molecule has 10 nitrogen and oxygen atoms in total. The van der Waals surface area contributed by atoms with Gasteiger partial charge < -0.3 is 15.3 Å². The molecule has 0 aliphatic carbocycles. The highest BCUT2D eigenvalue weighted by Gasteiger charge is 2.34. The van der Waals surface area contributed by atoms with Crippen molar-refractivity contribution in [1.82, 2.24) is 20.2 Å². The van der Waals surface area contributed by atoms with Crippen LogP contribution >= 0.6 is 11.6 Å². The van der Waals surface area contributed by atoms with Crippen LogP contribution in [-0.4, -0.2) is 53.4 Å². The van der Waals surface area contributed by atoms with Gasteiger partial charge in [0.15, 0.2) is 5.82 Å². The molecule has 0 aliphatic rings. The van der Waals surface area contributed by atoms with E-state index < -0.39 is 80.6 Å². The van der Waals surface area contributed by atoms with Crippen LogP contribution in [0.4, 0.5) is 22.0 Å². The lowest BCUT2D eigenvalue weighted by molar-refractivity contribution is -0.137. The van der Waals surface area contributed by atoms with E-state index in [-0.39, 0.29) is 21.7 Å².